The van der Waals surface area contributed by atoms with Gasteiger partial charge < -0.3 is 11.1 Å². The van der Waals surface area contributed by atoms with E-state index in [-0.39, 0.29) is 11.4 Å². The number of carbonyl (C=O) groups is 1. The molecule has 17 heavy (non-hydrogen) atoms. The molecule has 0 radical (unpaired) electrons. The van der Waals surface area contributed by atoms with Crippen molar-refractivity contribution in [2.75, 3.05) is 5.32 Å². The standard InChI is InChI=1S/C12H22N4O/c1-5-9-10(8-16(4)15-9)14-11(17)6-7-12(2,3)13/h8H,5-7,13H2,1-4H3,(H,14,17). The number of nitrogens with one attached hydrogen (secondary N) is 1. The number of amides is 1. The summed E-state index contributed by atoms with van der Waals surface area (Å²) in [4.78, 5) is 11.7. The van der Waals surface area contributed by atoms with E-state index < -0.39 is 0 Å². The number of nitrogens with zero attached hydrogens (tertiary/aromatic N) is 2. The van der Waals surface area contributed by atoms with Gasteiger partial charge in [-0.05, 0) is 26.7 Å². The van der Waals surface area contributed by atoms with Crippen LogP contribution in [0.5, 0.6) is 0 Å². The van der Waals surface area contributed by atoms with Crippen LogP contribution in [0.25, 0.3) is 0 Å². The summed E-state index contributed by atoms with van der Waals surface area (Å²) in [5.41, 5.74) is 7.25. The average Bonchev–Trinajstić information content (AvgIpc) is 2.55. The minimum Gasteiger partial charge on any atom is -0.326 e. The molecule has 5 heteroatoms. The van der Waals surface area contributed by atoms with Crippen LogP contribution in [0.4, 0.5) is 5.69 Å². The van der Waals surface area contributed by atoms with Gasteiger partial charge in [0, 0.05) is 25.2 Å². The minimum atomic E-state index is -0.306. The Kier molecular flexibility index (Phi) is 4.28. The van der Waals surface area contributed by atoms with E-state index in [1.807, 2.05) is 34.0 Å². The molecule has 1 amide bonds. The van der Waals surface area contributed by atoms with Crippen LogP contribution in [0.3, 0.4) is 0 Å². The molecule has 5 nitrogen and oxygen atoms in total. The zero-order chi connectivity index (χ0) is 13.1. The Labute approximate surface area is 102 Å². The van der Waals surface area contributed by atoms with Crippen LogP contribution in [0.2, 0.25) is 0 Å². The van der Waals surface area contributed by atoms with Crippen LogP contribution in [0, 0.1) is 0 Å². The quantitative estimate of drug-likeness (QED) is 0.815. The summed E-state index contributed by atoms with van der Waals surface area (Å²) in [6.07, 6.45) is 3.73. The molecule has 1 aromatic heterocycles. The monoisotopic (exact) mass is 238 g/mol. The highest BCUT2D eigenvalue weighted by Crippen LogP contribution is 2.15. The Morgan fingerprint density at radius 2 is 2.24 bits per heavy atom. The van der Waals surface area contributed by atoms with Crippen molar-refractivity contribution in [2.24, 2.45) is 12.8 Å². The number of rotatable bonds is 5. The molecule has 0 bridgehead atoms. The second-order valence-corrected chi connectivity index (χ2v) is 5.05. The van der Waals surface area contributed by atoms with Crippen LogP contribution in [-0.2, 0) is 18.3 Å². The second kappa shape index (κ2) is 5.31. The fourth-order valence-corrected chi connectivity index (χ4v) is 1.55. The van der Waals surface area contributed by atoms with Gasteiger partial charge in [-0.15, -0.1) is 0 Å². The Bertz CT molecular complexity index is 390. The fraction of sp³-hybridized carbons (Fsp3) is 0.667. The normalized spacial score (nSPS) is 11.6. The highest BCUT2D eigenvalue weighted by Gasteiger charge is 2.14. The maximum absolute atomic E-state index is 11.7. The summed E-state index contributed by atoms with van der Waals surface area (Å²) in [5, 5.41) is 7.15. The maximum atomic E-state index is 11.7. The van der Waals surface area contributed by atoms with Crippen molar-refractivity contribution in [3.63, 3.8) is 0 Å². The van der Waals surface area contributed by atoms with Crippen molar-refractivity contribution < 1.29 is 4.79 Å². The van der Waals surface area contributed by atoms with Gasteiger partial charge in [-0.2, -0.15) is 5.10 Å². The molecule has 0 spiro atoms. The first kappa shape index (κ1) is 13.7. The van der Waals surface area contributed by atoms with Crippen LogP contribution in [0.15, 0.2) is 6.20 Å². The lowest BCUT2D eigenvalue weighted by atomic mass is 10.00. The molecule has 1 rings (SSSR count). The van der Waals surface area contributed by atoms with Crippen molar-refractivity contribution in [1.29, 1.82) is 0 Å². The molecule has 96 valence electrons. The van der Waals surface area contributed by atoms with Crippen molar-refractivity contribution >= 4 is 11.6 Å². The third-order valence-electron chi connectivity index (χ3n) is 2.51. The van der Waals surface area contributed by atoms with Crippen molar-refractivity contribution in [1.82, 2.24) is 9.78 Å². The topological polar surface area (TPSA) is 72.9 Å². The largest absolute Gasteiger partial charge is 0.326 e. The van der Waals surface area contributed by atoms with E-state index in [2.05, 4.69) is 10.4 Å². The number of nitrogens with two attached hydrogens (primary N) is 1. The van der Waals surface area contributed by atoms with Crippen molar-refractivity contribution in [3.05, 3.63) is 11.9 Å². The number of aryl methyl sites for hydroxylation is 2. The van der Waals surface area contributed by atoms with Gasteiger partial charge in [0.25, 0.3) is 0 Å². The van der Waals surface area contributed by atoms with E-state index >= 15 is 0 Å². The van der Waals surface area contributed by atoms with Gasteiger partial charge >= 0.3 is 0 Å². The summed E-state index contributed by atoms with van der Waals surface area (Å²) in [6.45, 7) is 5.85. The number of hydrogen-bond acceptors (Lipinski definition) is 3. The fourth-order valence-electron chi connectivity index (χ4n) is 1.55. The zero-order valence-electron chi connectivity index (χ0n) is 11.1. The molecule has 0 atom stereocenters. The molecular weight excluding hydrogens is 216 g/mol. The van der Waals surface area contributed by atoms with Gasteiger partial charge in [0.05, 0.1) is 11.4 Å². The summed E-state index contributed by atoms with van der Waals surface area (Å²) in [7, 11) is 1.85. The predicted octanol–water partition coefficient (Wildman–Crippen LogP) is 1.44. The number of anilines is 1. The highest BCUT2D eigenvalue weighted by atomic mass is 16.1. The smallest absolute Gasteiger partial charge is 0.224 e. The third-order valence-corrected chi connectivity index (χ3v) is 2.51. The Morgan fingerprint density at radius 1 is 1.59 bits per heavy atom. The zero-order valence-corrected chi connectivity index (χ0v) is 11.1. The predicted molar refractivity (Wildman–Crippen MR) is 68.7 cm³/mol. The van der Waals surface area contributed by atoms with Crippen LogP contribution in [0.1, 0.15) is 39.3 Å². The van der Waals surface area contributed by atoms with Crippen molar-refractivity contribution in [2.45, 2.75) is 45.6 Å². The molecule has 0 saturated carbocycles. The summed E-state index contributed by atoms with van der Waals surface area (Å²) in [6, 6.07) is 0. The SMILES string of the molecule is CCc1nn(C)cc1NC(=O)CCC(C)(C)N. The molecule has 1 heterocycles. The highest BCUT2D eigenvalue weighted by molar-refractivity contribution is 5.91. The summed E-state index contributed by atoms with van der Waals surface area (Å²) in [5.74, 6) is -0.00812. The molecule has 0 aliphatic heterocycles. The maximum Gasteiger partial charge on any atom is 0.224 e. The van der Waals surface area contributed by atoms with Crippen molar-refractivity contribution in [3.8, 4) is 0 Å². The Balaban J connectivity index is 2.56. The molecule has 1 aromatic rings. The molecule has 0 aliphatic carbocycles. The number of aromatic nitrogens is 2. The molecule has 3 N–H and O–H groups in total. The molecular formula is C12H22N4O. The molecule has 0 aliphatic rings. The van der Waals surface area contributed by atoms with Crippen LogP contribution >= 0.6 is 0 Å². The lowest BCUT2D eigenvalue weighted by molar-refractivity contribution is -0.116. The van der Waals surface area contributed by atoms with Gasteiger partial charge in [-0.25, -0.2) is 0 Å². The van der Waals surface area contributed by atoms with Crippen LogP contribution < -0.4 is 11.1 Å². The van der Waals surface area contributed by atoms with Gasteiger partial charge in [-0.1, -0.05) is 6.92 Å². The van der Waals surface area contributed by atoms with Gasteiger partial charge in [0.15, 0.2) is 0 Å². The second-order valence-electron chi connectivity index (χ2n) is 5.05. The molecule has 0 unspecified atom stereocenters. The lowest BCUT2D eigenvalue weighted by Gasteiger charge is -2.17. The molecule has 0 fully saturated rings. The third kappa shape index (κ3) is 4.56. The van der Waals surface area contributed by atoms with E-state index in [0.717, 1.165) is 17.8 Å². The van der Waals surface area contributed by atoms with E-state index in [4.69, 9.17) is 5.73 Å². The first-order valence-corrected chi connectivity index (χ1v) is 5.93. The number of carbonyl (C=O) groups excluding carboxylic acids is 1. The first-order valence-electron chi connectivity index (χ1n) is 5.93. The molecule has 0 aromatic carbocycles. The van der Waals surface area contributed by atoms with E-state index in [1.165, 1.54) is 0 Å². The Morgan fingerprint density at radius 3 is 2.76 bits per heavy atom. The van der Waals surface area contributed by atoms with Gasteiger partial charge in [0.2, 0.25) is 5.91 Å². The van der Waals surface area contributed by atoms with E-state index in [0.29, 0.717) is 12.8 Å². The number of hydrogen-bond donors (Lipinski definition) is 2. The van der Waals surface area contributed by atoms with E-state index in [9.17, 15) is 4.79 Å². The van der Waals surface area contributed by atoms with Gasteiger partial charge in [0.1, 0.15) is 0 Å². The summed E-state index contributed by atoms with van der Waals surface area (Å²) >= 11 is 0. The molecule has 0 saturated heterocycles. The van der Waals surface area contributed by atoms with Gasteiger partial charge in [-0.3, -0.25) is 9.48 Å². The lowest BCUT2D eigenvalue weighted by Crippen LogP contribution is -2.33. The minimum absolute atomic E-state index is 0.00812. The summed E-state index contributed by atoms with van der Waals surface area (Å²) < 4.78 is 1.71. The average molecular weight is 238 g/mol. The first-order chi connectivity index (χ1) is 7.81. The van der Waals surface area contributed by atoms with Crippen LogP contribution in [-0.4, -0.2) is 21.2 Å². The van der Waals surface area contributed by atoms with E-state index in [1.54, 1.807) is 4.68 Å². The Hall–Kier alpha value is -1.36.